The topological polar surface area (TPSA) is 62.1 Å². The molecule has 25 heavy (non-hydrogen) atoms. The second-order valence-corrected chi connectivity index (χ2v) is 6.94. The monoisotopic (exact) mass is 353 g/mol. The molecule has 4 rings (SSSR count). The van der Waals surface area contributed by atoms with Gasteiger partial charge in [0.1, 0.15) is 0 Å². The molecule has 1 aromatic carbocycles. The van der Waals surface area contributed by atoms with Gasteiger partial charge in [-0.1, -0.05) is 18.2 Å². The van der Waals surface area contributed by atoms with Crippen LogP contribution in [0.2, 0.25) is 0 Å². The predicted octanol–water partition coefficient (Wildman–Crippen LogP) is 3.31. The molecular weight excluding hydrogens is 334 g/mol. The van der Waals surface area contributed by atoms with Crippen LogP contribution in [0, 0.1) is 0 Å². The first kappa shape index (κ1) is 16.2. The average Bonchev–Trinajstić information content (AvgIpc) is 3.17. The number of H-pyrrole nitrogens is 1. The highest BCUT2D eigenvalue weighted by molar-refractivity contribution is 7.98. The Kier molecular flexibility index (Phi) is 4.46. The Morgan fingerprint density at radius 2 is 2.16 bits per heavy atom. The van der Waals surface area contributed by atoms with Gasteiger partial charge in [0.05, 0.1) is 17.5 Å². The van der Waals surface area contributed by atoms with Gasteiger partial charge in [-0.25, -0.2) is 4.98 Å². The molecule has 0 unspecified atom stereocenters. The smallest absolute Gasteiger partial charge is 0.256 e. The lowest BCUT2D eigenvalue weighted by Gasteiger charge is -2.28. The van der Waals surface area contributed by atoms with E-state index in [0.717, 1.165) is 30.8 Å². The minimum absolute atomic E-state index is 0.0701. The van der Waals surface area contributed by atoms with Crippen molar-refractivity contribution in [3.63, 3.8) is 0 Å². The predicted molar refractivity (Wildman–Crippen MR) is 98.6 cm³/mol. The zero-order valence-corrected chi connectivity index (χ0v) is 14.8. The third kappa shape index (κ3) is 3.27. The molecule has 0 bridgehead atoms. The van der Waals surface area contributed by atoms with Crippen molar-refractivity contribution >= 4 is 11.8 Å². The van der Waals surface area contributed by atoms with E-state index < -0.39 is 0 Å². The fourth-order valence-corrected chi connectivity index (χ4v) is 3.83. The van der Waals surface area contributed by atoms with Gasteiger partial charge in [-0.2, -0.15) is 0 Å². The number of thioether (sulfide) groups is 1. The second kappa shape index (κ2) is 6.90. The molecule has 0 fully saturated rings. The van der Waals surface area contributed by atoms with Crippen molar-refractivity contribution in [2.45, 2.75) is 24.4 Å². The Balaban J connectivity index is 1.58. The molecule has 0 saturated heterocycles. The van der Waals surface area contributed by atoms with Crippen LogP contribution in [-0.4, -0.2) is 27.7 Å². The molecule has 3 aromatic rings. The van der Waals surface area contributed by atoms with E-state index in [-0.39, 0.29) is 5.56 Å². The Morgan fingerprint density at radius 3 is 2.96 bits per heavy atom. The summed E-state index contributed by atoms with van der Waals surface area (Å²) in [4.78, 5) is 23.6. The summed E-state index contributed by atoms with van der Waals surface area (Å²) in [5, 5.41) is 0. The van der Waals surface area contributed by atoms with E-state index in [9.17, 15) is 4.79 Å². The molecule has 1 aliphatic heterocycles. The lowest BCUT2D eigenvalue weighted by molar-refractivity contribution is 0.240. The molecule has 2 aromatic heterocycles. The average molecular weight is 353 g/mol. The van der Waals surface area contributed by atoms with Gasteiger partial charge in [0.25, 0.3) is 5.56 Å². The Bertz CT molecular complexity index is 934. The van der Waals surface area contributed by atoms with E-state index in [2.05, 4.69) is 45.4 Å². The lowest BCUT2D eigenvalue weighted by Crippen LogP contribution is -2.35. The summed E-state index contributed by atoms with van der Waals surface area (Å²) in [6.45, 7) is 2.36. The maximum Gasteiger partial charge on any atom is 0.256 e. The number of aromatic amines is 1. The van der Waals surface area contributed by atoms with Gasteiger partial charge in [-0.15, -0.1) is 11.8 Å². The Labute approximate surface area is 150 Å². The number of benzene rings is 1. The Hall–Kier alpha value is -2.31. The van der Waals surface area contributed by atoms with Crippen LogP contribution in [-0.2, 0) is 19.5 Å². The maximum atomic E-state index is 12.5. The summed E-state index contributed by atoms with van der Waals surface area (Å²) >= 11 is 1.76. The number of nitrogens with zero attached hydrogens (tertiary/aromatic N) is 2. The largest absolute Gasteiger partial charge is 0.461 e. The fraction of sp³-hybridized carbons (Fsp3) is 0.263. The van der Waals surface area contributed by atoms with Gasteiger partial charge in [-0.05, 0) is 30.0 Å². The standard InChI is InChI=1S/C19H19N3O2S/c1-25-17-7-3-2-5-13(17)11-22-9-8-15-14(12-22)19(23)21-18(20-15)16-6-4-10-24-16/h2-7,10H,8-9,11-12H2,1H3,(H,20,21,23). The quantitative estimate of drug-likeness (QED) is 0.729. The molecule has 128 valence electrons. The first-order chi connectivity index (χ1) is 12.2. The first-order valence-electron chi connectivity index (χ1n) is 8.25. The van der Waals surface area contributed by atoms with Gasteiger partial charge >= 0.3 is 0 Å². The van der Waals surface area contributed by atoms with Gasteiger partial charge in [-0.3, -0.25) is 9.69 Å². The van der Waals surface area contributed by atoms with E-state index >= 15 is 0 Å². The summed E-state index contributed by atoms with van der Waals surface area (Å²) in [5.41, 5.74) is 2.88. The minimum atomic E-state index is -0.0701. The number of hydrogen-bond acceptors (Lipinski definition) is 5. The lowest BCUT2D eigenvalue weighted by atomic mass is 10.1. The van der Waals surface area contributed by atoms with Crippen molar-refractivity contribution < 1.29 is 4.42 Å². The summed E-state index contributed by atoms with van der Waals surface area (Å²) in [5.74, 6) is 1.10. The van der Waals surface area contributed by atoms with Gasteiger partial charge in [0, 0.05) is 31.0 Å². The van der Waals surface area contributed by atoms with Crippen LogP contribution in [0.1, 0.15) is 16.8 Å². The molecule has 0 amide bonds. The molecule has 3 heterocycles. The molecule has 0 saturated carbocycles. The molecule has 0 spiro atoms. The molecule has 0 atom stereocenters. The molecule has 1 aliphatic rings. The van der Waals surface area contributed by atoms with Gasteiger partial charge in [0.2, 0.25) is 0 Å². The van der Waals surface area contributed by atoms with Crippen LogP contribution in [0.5, 0.6) is 0 Å². The molecule has 5 nitrogen and oxygen atoms in total. The van der Waals surface area contributed by atoms with Crippen molar-refractivity contribution in [1.82, 2.24) is 14.9 Å². The highest BCUT2D eigenvalue weighted by Crippen LogP contribution is 2.24. The molecular formula is C19H19N3O2S. The molecule has 0 radical (unpaired) electrons. The van der Waals surface area contributed by atoms with Crippen LogP contribution in [0.3, 0.4) is 0 Å². The fourth-order valence-electron chi connectivity index (χ4n) is 3.22. The molecule has 1 N–H and O–H groups in total. The van der Waals surface area contributed by atoms with Gasteiger partial charge in [0.15, 0.2) is 11.6 Å². The second-order valence-electron chi connectivity index (χ2n) is 6.09. The van der Waals surface area contributed by atoms with E-state index in [1.165, 1.54) is 10.5 Å². The highest BCUT2D eigenvalue weighted by Gasteiger charge is 2.22. The normalized spacial score (nSPS) is 14.4. The molecule has 6 heteroatoms. The summed E-state index contributed by atoms with van der Waals surface area (Å²) < 4.78 is 5.35. The third-order valence-electron chi connectivity index (χ3n) is 4.49. The number of rotatable bonds is 4. The van der Waals surface area contributed by atoms with Crippen molar-refractivity contribution in [2.75, 3.05) is 12.8 Å². The van der Waals surface area contributed by atoms with E-state index in [4.69, 9.17) is 4.42 Å². The SMILES string of the molecule is CSc1ccccc1CN1CCc2nc(-c3ccco3)[nH]c(=O)c2C1. The summed E-state index contributed by atoms with van der Waals surface area (Å²) in [6.07, 6.45) is 4.45. The van der Waals surface area contributed by atoms with E-state index in [0.29, 0.717) is 18.1 Å². The van der Waals surface area contributed by atoms with E-state index in [1.807, 2.05) is 0 Å². The number of aromatic nitrogens is 2. The van der Waals surface area contributed by atoms with Crippen molar-refractivity contribution in [2.24, 2.45) is 0 Å². The van der Waals surface area contributed by atoms with Crippen LogP contribution in [0.15, 0.2) is 56.8 Å². The number of hydrogen-bond donors (Lipinski definition) is 1. The van der Waals surface area contributed by atoms with Crippen molar-refractivity contribution in [3.05, 3.63) is 69.8 Å². The van der Waals surface area contributed by atoms with Crippen LogP contribution in [0.25, 0.3) is 11.6 Å². The van der Waals surface area contributed by atoms with Crippen LogP contribution in [0.4, 0.5) is 0 Å². The third-order valence-corrected chi connectivity index (χ3v) is 5.33. The van der Waals surface area contributed by atoms with Crippen molar-refractivity contribution in [1.29, 1.82) is 0 Å². The maximum absolute atomic E-state index is 12.5. The van der Waals surface area contributed by atoms with E-state index in [1.54, 1.807) is 30.2 Å². The van der Waals surface area contributed by atoms with Crippen LogP contribution < -0.4 is 5.56 Å². The number of fused-ring (bicyclic) bond motifs is 1. The summed E-state index contributed by atoms with van der Waals surface area (Å²) in [6, 6.07) is 12.0. The van der Waals surface area contributed by atoms with Crippen molar-refractivity contribution in [3.8, 4) is 11.6 Å². The van der Waals surface area contributed by atoms with Crippen LogP contribution >= 0.6 is 11.8 Å². The highest BCUT2D eigenvalue weighted by atomic mass is 32.2. The van der Waals surface area contributed by atoms with Gasteiger partial charge < -0.3 is 9.40 Å². The molecule has 0 aliphatic carbocycles. The number of furan rings is 1. The minimum Gasteiger partial charge on any atom is -0.461 e. The number of nitrogens with one attached hydrogen (secondary N) is 1. The summed E-state index contributed by atoms with van der Waals surface area (Å²) in [7, 11) is 0. The Morgan fingerprint density at radius 1 is 1.28 bits per heavy atom. The first-order valence-corrected chi connectivity index (χ1v) is 9.47. The zero-order valence-electron chi connectivity index (χ0n) is 14.0. The zero-order chi connectivity index (χ0) is 17.2.